The van der Waals surface area contributed by atoms with E-state index in [0.717, 1.165) is 18.5 Å². The lowest BCUT2D eigenvalue weighted by Gasteiger charge is -2.60. The van der Waals surface area contributed by atoms with Crippen molar-refractivity contribution in [2.75, 3.05) is 13.2 Å². The van der Waals surface area contributed by atoms with E-state index in [1.807, 2.05) is 13.8 Å². The molecule has 0 radical (unpaired) electrons. The second-order valence-electron chi connectivity index (χ2n) is 6.36. The number of nitrogens with one attached hydrogen (secondary N) is 2. The molecule has 6 heteroatoms. The molecule has 4 N–H and O–H groups in total. The van der Waals surface area contributed by atoms with Crippen LogP contribution in [0, 0.1) is 11.3 Å². The molecule has 3 unspecified atom stereocenters. The number of ether oxygens (including phenoxy) is 1. The van der Waals surface area contributed by atoms with Gasteiger partial charge in [0.05, 0.1) is 12.4 Å². The van der Waals surface area contributed by atoms with Crippen molar-refractivity contribution >= 4 is 5.91 Å². The predicted molar refractivity (Wildman–Crippen MR) is 73.8 cm³/mol. The number of fused-ring (bicyclic) bond motifs is 1. The van der Waals surface area contributed by atoms with Crippen molar-refractivity contribution in [3.8, 4) is 0 Å². The van der Waals surface area contributed by atoms with Gasteiger partial charge in [0.15, 0.2) is 0 Å². The van der Waals surface area contributed by atoms with Gasteiger partial charge in [-0.1, -0.05) is 13.8 Å². The van der Waals surface area contributed by atoms with Crippen LogP contribution in [0.5, 0.6) is 0 Å². The molecular formula is C14H22N4O2. The molecule has 110 valence electrons. The van der Waals surface area contributed by atoms with Gasteiger partial charge in [0.1, 0.15) is 5.54 Å². The molecule has 20 heavy (non-hydrogen) atoms. The average molecular weight is 278 g/mol. The molecule has 3 atom stereocenters. The van der Waals surface area contributed by atoms with E-state index >= 15 is 0 Å². The molecule has 1 amide bonds. The van der Waals surface area contributed by atoms with Crippen molar-refractivity contribution in [2.45, 2.75) is 38.3 Å². The number of imidazole rings is 1. The van der Waals surface area contributed by atoms with Crippen LogP contribution >= 0.6 is 0 Å². The minimum Gasteiger partial charge on any atom is -0.377 e. The highest BCUT2D eigenvalue weighted by Crippen LogP contribution is 2.58. The second-order valence-corrected chi connectivity index (χ2v) is 6.36. The number of H-pyrrole nitrogens is 1. The Hall–Kier alpha value is -1.40. The number of hydrogen-bond acceptors (Lipinski definition) is 4. The Labute approximate surface area is 118 Å². The van der Waals surface area contributed by atoms with E-state index in [2.05, 4.69) is 15.3 Å². The van der Waals surface area contributed by atoms with Crippen LogP contribution in [-0.4, -0.2) is 40.7 Å². The fraction of sp³-hybridized carbons (Fsp3) is 0.714. The minimum absolute atomic E-state index is 0.0613. The van der Waals surface area contributed by atoms with Crippen molar-refractivity contribution in [1.82, 2.24) is 15.3 Å². The van der Waals surface area contributed by atoms with Gasteiger partial charge in [0.2, 0.25) is 5.91 Å². The number of hydrogen-bond donors (Lipinski definition) is 3. The maximum atomic E-state index is 12.5. The van der Waals surface area contributed by atoms with Crippen molar-refractivity contribution in [1.29, 1.82) is 0 Å². The normalized spacial score (nSPS) is 34.4. The highest BCUT2D eigenvalue weighted by molar-refractivity contribution is 5.89. The SMILES string of the molecule is CC1(C)C2OCCC2C1(N)C(=O)NCCc1cnc[nH]1. The predicted octanol–water partition coefficient (Wildman–Crippen LogP) is 0.211. The Balaban J connectivity index is 1.61. The topological polar surface area (TPSA) is 93.0 Å². The molecule has 1 aromatic heterocycles. The molecule has 0 spiro atoms. The first-order valence-corrected chi connectivity index (χ1v) is 7.14. The molecule has 0 bridgehead atoms. The van der Waals surface area contributed by atoms with Crippen molar-refractivity contribution in [3.05, 3.63) is 18.2 Å². The molecule has 1 saturated heterocycles. The zero-order valence-corrected chi connectivity index (χ0v) is 12.0. The maximum absolute atomic E-state index is 12.5. The molecule has 2 aliphatic rings. The van der Waals surface area contributed by atoms with E-state index in [1.54, 1.807) is 12.5 Å². The highest BCUT2D eigenvalue weighted by Gasteiger charge is 2.71. The summed E-state index contributed by atoms with van der Waals surface area (Å²) in [5.41, 5.74) is 6.33. The van der Waals surface area contributed by atoms with E-state index in [1.165, 1.54) is 0 Å². The third-order valence-corrected chi connectivity index (χ3v) is 5.06. The molecule has 1 aromatic rings. The highest BCUT2D eigenvalue weighted by atomic mass is 16.5. The number of carbonyl (C=O) groups excluding carboxylic acids is 1. The van der Waals surface area contributed by atoms with Gasteiger partial charge < -0.3 is 20.8 Å². The smallest absolute Gasteiger partial charge is 0.241 e. The van der Waals surface area contributed by atoms with Gasteiger partial charge >= 0.3 is 0 Å². The van der Waals surface area contributed by atoms with Gasteiger partial charge in [-0.15, -0.1) is 0 Å². The van der Waals surface area contributed by atoms with Crippen molar-refractivity contribution in [2.24, 2.45) is 17.1 Å². The summed E-state index contributed by atoms with van der Waals surface area (Å²) in [5.74, 6) is 0.0819. The summed E-state index contributed by atoms with van der Waals surface area (Å²) in [4.78, 5) is 19.5. The van der Waals surface area contributed by atoms with E-state index in [4.69, 9.17) is 10.5 Å². The molecule has 3 rings (SSSR count). The third kappa shape index (κ3) is 1.71. The number of nitrogens with zero attached hydrogens (tertiary/aromatic N) is 1. The largest absolute Gasteiger partial charge is 0.377 e. The van der Waals surface area contributed by atoms with Gasteiger partial charge in [0, 0.05) is 42.8 Å². The zero-order chi connectivity index (χ0) is 14.4. The summed E-state index contributed by atoms with van der Waals surface area (Å²) >= 11 is 0. The monoisotopic (exact) mass is 278 g/mol. The molecule has 6 nitrogen and oxygen atoms in total. The van der Waals surface area contributed by atoms with Crippen LogP contribution in [0.15, 0.2) is 12.5 Å². The summed E-state index contributed by atoms with van der Waals surface area (Å²) in [7, 11) is 0. The molecular weight excluding hydrogens is 256 g/mol. The summed E-state index contributed by atoms with van der Waals surface area (Å²) in [5, 5.41) is 2.96. The number of rotatable bonds is 4. The van der Waals surface area contributed by atoms with Crippen LogP contribution in [0.25, 0.3) is 0 Å². The number of aromatic nitrogens is 2. The van der Waals surface area contributed by atoms with Crippen molar-refractivity contribution < 1.29 is 9.53 Å². The second kappa shape index (κ2) is 4.56. The minimum atomic E-state index is -0.817. The Bertz CT molecular complexity index is 499. The van der Waals surface area contributed by atoms with E-state index in [9.17, 15) is 4.79 Å². The first-order valence-electron chi connectivity index (χ1n) is 7.14. The van der Waals surface area contributed by atoms with E-state index in [-0.39, 0.29) is 23.3 Å². The lowest BCUT2D eigenvalue weighted by molar-refractivity contribution is -0.175. The average Bonchev–Trinajstić information content (AvgIpc) is 3.07. The Morgan fingerprint density at radius 2 is 2.45 bits per heavy atom. The molecule has 0 aromatic carbocycles. The van der Waals surface area contributed by atoms with Crippen LogP contribution in [-0.2, 0) is 16.0 Å². The fourth-order valence-corrected chi connectivity index (χ4v) is 3.72. The number of nitrogens with two attached hydrogens (primary N) is 1. The van der Waals surface area contributed by atoms with Gasteiger partial charge in [-0.2, -0.15) is 0 Å². The Morgan fingerprint density at radius 1 is 1.65 bits per heavy atom. The van der Waals surface area contributed by atoms with Gasteiger partial charge in [-0.05, 0) is 6.42 Å². The molecule has 1 aliphatic heterocycles. The maximum Gasteiger partial charge on any atom is 0.241 e. The Kier molecular flexibility index (Phi) is 3.10. The van der Waals surface area contributed by atoms with Crippen LogP contribution in [0.3, 0.4) is 0 Å². The molecule has 2 fully saturated rings. The fourth-order valence-electron chi connectivity index (χ4n) is 3.72. The molecule has 1 aliphatic carbocycles. The van der Waals surface area contributed by atoms with E-state index in [0.29, 0.717) is 13.2 Å². The molecule has 1 saturated carbocycles. The van der Waals surface area contributed by atoms with Crippen LogP contribution in [0.4, 0.5) is 0 Å². The summed E-state index contributed by atoms with van der Waals surface area (Å²) in [6.45, 7) is 5.31. The van der Waals surface area contributed by atoms with E-state index < -0.39 is 5.54 Å². The molecule has 2 heterocycles. The standard InChI is InChI=1S/C14H22N4O2/c1-13(2)11-10(4-6-20-11)14(13,15)12(19)17-5-3-9-7-16-8-18-9/h7-8,10-11H,3-6,15H2,1-2H3,(H,16,18)(H,17,19). The Morgan fingerprint density at radius 3 is 3.15 bits per heavy atom. The van der Waals surface area contributed by atoms with Crippen LogP contribution in [0.2, 0.25) is 0 Å². The lowest BCUT2D eigenvalue weighted by atomic mass is 9.48. The number of amides is 1. The zero-order valence-electron chi connectivity index (χ0n) is 12.0. The summed E-state index contributed by atoms with van der Waals surface area (Å²) < 4.78 is 5.70. The quantitative estimate of drug-likeness (QED) is 0.734. The van der Waals surface area contributed by atoms with Gasteiger partial charge in [-0.25, -0.2) is 4.98 Å². The van der Waals surface area contributed by atoms with Crippen molar-refractivity contribution in [3.63, 3.8) is 0 Å². The lowest BCUT2D eigenvalue weighted by Crippen LogP contribution is -2.80. The van der Waals surface area contributed by atoms with Gasteiger partial charge in [0.25, 0.3) is 0 Å². The first kappa shape index (κ1) is 13.6. The van der Waals surface area contributed by atoms with Crippen LogP contribution < -0.4 is 11.1 Å². The number of carbonyl (C=O) groups is 1. The number of aromatic amines is 1. The third-order valence-electron chi connectivity index (χ3n) is 5.06. The summed E-state index contributed by atoms with van der Waals surface area (Å²) in [6.07, 6.45) is 5.12. The first-order chi connectivity index (χ1) is 9.48. The summed E-state index contributed by atoms with van der Waals surface area (Å²) in [6, 6.07) is 0. The van der Waals surface area contributed by atoms with Gasteiger partial charge in [-0.3, -0.25) is 4.79 Å². The van der Waals surface area contributed by atoms with Crippen LogP contribution in [0.1, 0.15) is 26.0 Å².